The highest BCUT2D eigenvalue weighted by Crippen LogP contribution is 2.23. The van der Waals surface area contributed by atoms with Crippen LogP contribution in [0.1, 0.15) is 29.6 Å². The number of nitrogens with zero attached hydrogens (tertiary/aromatic N) is 2. The van der Waals surface area contributed by atoms with E-state index in [1.54, 1.807) is 17.9 Å². The molecular formula is C11H15ClN2O2. The van der Waals surface area contributed by atoms with E-state index in [1.165, 1.54) is 0 Å². The molecule has 0 radical (unpaired) electrons. The number of piperidine rings is 1. The molecule has 2 atom stereocenters. The van der Waals surface area contributed by atoms with Crippen LogP contribution >= 0.6 is 11.6 Å². The van der Waals surface area contributed by atoms with Gasteiger partial charge in [0.15, 0.2) is 0 Å². The second kappa shape index (κ2) is 4.45. The van der Waals surface area contributed by atoms with Gasteiger partial charge in [0.05, 0.1) is 5.69 Å². The predicted octanol–water partition coefficient (Wildman–Crippen LogP) is 2.07. The third-order valence-corrected chi connectivity index (χ3v) is 3.57. The summed E-state index contributed by atoms with van der Waals surface area (Å²) in [5, 5.41) is 3.89. The Morgan fingerprint density at radius 2 is 2.44 bits per heavy atom. The van der Waals surface area contributed by atoms with E-state index >= 15 is 0 Å². The standard InChI is InChI=1S/C11H15ClN2O2/c1-7-6-14(4-3-9(7)12)11(15)10-5-8(2)13-16-10/h5,7,9H,3-4,6H2,1-2H3. The van der Waals surface area contributed by atoms with Crippen molar-refractivity contribution in [3.8, 4) is 0 Å². The molecule has 1 amide bonds. The van der Waals surface area contributed by atoms with Gasteiger partial charge in [-0.25, -0.2) is 0 Å². The summed E-state index contributed by atoms with van der Waals surface area (Å²) in [4.78, 5) is 13.8. The molecule has 1 aliphatic heterocycles. The third kappa shape index (κ3) is 2.21. The molecule has 16 heavy (non-hydrogen) atoms. The van der Waals surface area contributed by atoms with Crippen molar-refractivity contribution >= 4 is 17.5 Å². The van der Waals surface area contributed by atoms with Crippen LogP contribution in [0.15, 0.2) is 10.6 Å². The van der Waals surface area contributed by atoms with E-state index in [4.69, 9.17) is 16.1 Å². The summed E-state index contributed by atoms with van der Waals surface area (Å²) >= 11 is 6.11. The van der Waals surface area contributed by atoms with Crippen molar-refractivity contribution < 1.29 is 9.32 Å². The zero-order valence-electron chi connectivity index (χ0n) is 9.44. The normalized spacial score (nSPS) is 25.8. The smallest absolute Gasteiger partial charge is 0.292 e. The highest BCUT2D eigenvalue weighted by atomic mass is 35.5. The van der Waals surface area contributed by atoms with Crippen LogP contribution in [0.5, 0.6) is 0 Å². The van der Waals surface area contributed by atoms with Gasteiger partial charge in [0, 0.05) is 24.5 Å². The predicted molar refractivity (Wildman–Crippen MR) is 60.6 cm³/mol. The first-order chi connectivity index (χ1) is 7.58. The highest BCUT2D eigenvalue weighted by molar-refractivity contribution is 6.20. The van der Waals surface area contributed by atoms with Crippen molar-refractivity contribution in [2.75, 3.05) is 13.1 Å². The van der Waals surface area contributed by atoms with Crippen molar-refractivity contribution in [2.24, 2.45) is 5.92 Å². The van der Waals surface area contributed by atoms with Gasteiger partial charge >= 0.3 is 0 Å². The summed E-state index contributed by atoms with van der Waals surface area (Å²) in [6.07, 6.45) is 0.835. The molecule has 0 N–H and O–H groups in total. The van der Waals surface area contributed by atoms with Gasteiger partial charge in [-0.2, -0.15) is 0 Å². The summed E-state index contributed by atoms with van der Waals surface area (Å²) < 4.78 is 4.97. The largest absolute Gasteiger partial charge is 0.351 e. The Morgan fingerprint density at radius 1 is 1.69 bits per heavy atom. The first-order valence-electron chi connectivity index (χ1n) is 5.44. The number of carbonyl (C=O) groups is 1. The van der Waals surface area contributed by atoms with E-state index in [-0.39, 0.29) is 11.3 Å². The number of hydrogen-bond donors (Lipinski definition) is 0. The van der Waals surface area contributed by atoms with Crippen LogP contribution in [0, 0.1) is 12.8 Å². The van der Waals surface area contributed by atoms with Gasteiger partial charge in [-0.15, -0.1) is 11.6 Å². The summed E-state index contributed by atoms with van der Waals surface area (Å²) in [5.41, 5.74) is 0.726. The number of halogens is 1. The second-order valence-corrected chi connectivity index (χ2v) is 4.93. The fraction of sp³-hybridized carbons (Fsp3) is 0.636. The third-order valence-electron chi connectivity index (χ3n) is 2.93. The van der Waals surface area contributed by atoms with Crippen LogP contribution in [-0.2, 0) is 0 Å². The monoisotopic (exact) mass is 242 g/mol. The summed E-state index contributed by atoms with van der Waals surface area (Å²) in [7, 11) is 0. The number of hydrogen-bond acceptors (Lipinski definition) is 3. The van der Waals surface area contributed by atoms with Gasteiger partial charge < -0.3 is 9.42 Å². The maximum atomic E-state index is 12.0. The molecule has 1 aliphatic rings. The maximum Gasteiger partial charge on any atom is 0.292 e. The number of amides is 1. The molecule has 1 aromatic rings. The number of aromatic nitrogens is 1. The Bertz CT molecular complexity index is 391. The Kier molecular flexibility index (Phi) is 3.19. The molecule has 1 aromatic heterocycles. The van der Waals surface area contributed by atoms with Crippen LogP contribution in [0.4, 0.5) is 0 Å². The number of aryl methyl sites for hydroxylation is 1. The van der Waals surface area contributed by atoms with Crippen LogP contribution in [-0.4, -0.2) is 34.4 Å². The minimum atomic E-state index is -0.0870. The number of likely N-dealkylation sites (tertiary alicyclic amines) is 1. The average Bonchev–Trinajstić information content (AvgIpc) is 2.68. The molecular weight excluding hydrogens is 228 g/mol. The molecule has 0 spiro atoms. The molecule has 1 fully saturated rings. The van der Waals surface area contributed by atoms with Gasteiger partial charge in [-0.05, 0) is 19.3 Å². The first kappa shape index (κ1) is 11.5. The first-order valence-corrected chi connectivity index (χ1v) is 5.88. The van der Waals surface area contributed by atoms with E-state index < -0.39 is 0 Å². The molecule has 1 saturated heterocycles. The Morgan fingerprint density at radius 3 is 3.00 bits per heavy atom. The number of carbonyl (C=O) groups excluding carboxylic acids is 1. The molecule has 2 rings (SSSR count). The summed E-state index contributed by atoms with van der Waals surface area (Å²) in [6, 6.07) is 1.67. The van der Waals surface area contributed by atoms with Gasteiger partial charge in [-0.3, -0.25) is 4.79 Å². The van der Waals surface area contributed by atoms with E-state index in [0.29, 0.717) is 24.8 Å². The maximum absolute atomic E-state index is 12.0. The summed E-state index contributed by atoms with van der Waals surface area (Å²) in [5.74, 6) is 0.553. The lowest BCUT2D eigenvalue weighted by Gasteiger charge is -2.33. The molecule has 2 unspecified atom stereocenters. The SMILES string of the molecule is Cc1cc(C(=O)N2CCC(Cl)C(C)C2)on1. The van der Waals surface area contributed by atoms with E-state index in [2.05, 4.69) is 12.1 Å². The van der Waals surface area contributed by atoms with Crippen LogP contribution in [0.3, 0.4) is 0 Å². The fourth-order valence-corrected chi connectivity index (χ4v) is 2.10. The van der Waals surface area contributed by atoms with E-state index in [1.807, 2.05) is 0 Å². The lowest BCUT2D eigenvalue weighted by Crippen LogP contribution is -2.43. The van der Waals surface area contributed by atoms with Gasteiger partial charge in [0.2, 0.25) is 5.76 Å². The lowest BCUT2D eigenvalue weighted by molar-refractivity contribution is 0.0645. The molecule has 5 heteroatoms. The molecule has 4 nitrogen and oxygen atoms in total. The molecule has 0 aliphatic carbocycles. The van der Waals surface area contributed by atoms with Crippen molar-refractivity contribution in [1.82, 2.24) is 10.1 Å². The fourth-order valence-electron chi connectivity index (χ4n) is 1.92. The lowest BCUT2D eigenvalue weighted by atomic mass is 9.99. The number of rotatable bonds is 1. The molecule has 0 aromatic carbocycles. The van der Waals surface area contributed by atoms with E-state index in [0.717, 1.165) is 12.1 Å². The second-order valence-electron chi connectivity index (χ2n) is 4.37. The highest BCUT2D eigenvalue weighted by Gasteiger charge is 2.29. The Hall–Kier alpha value is -1.03. The van der Waals surface area contributed by atoms with Crippen molar-refractivity contribution in [1.29, 1.82) is 0 Å². The average molecular weight is 243 g/mol. The van der Waals surface area contributed by atoms with Crippen LogP contribution < -0.4 is 0 Å². The van der Waals surface area contributed by atoms with Gasteiger partial charge in [-0.1, -0.05) is 12.1 Å². The summed E-state index contributed by atoms with van der Waals surface area (Å²) in [6.45, 7) is 5.24. The van der Waals surface area contributed by atoms with Crippen molar-refractivity contribution in [2.45, 2.75) is 25.6 Å². The topological polar surface area (TPSA) is 46.3 Å². The minimum absolute atomic E-state index is 0.0870. The number of alkyl halides is 1. The van der Waals surface area contributed by atoms with Crippen molar-refractivity contribution in [3.05, 3.63) is 17.5 Å². The van der Waals surface area contributed by atoms with Crippen LogP contribution in [0.25, 0.3) is 0 Å². The molecule has 2 heterocycles. The Balaban J connectivity index is 2.06. The minimum Gasteiger partial charge on any atom is -0.351 e. The van der Waals surface area contributed by atoms with Crippen molar-refractivity contribution in [3.63, 3.8) is 0 Å². The molecule has 0 saturated carbocycles. The zero-order valence-corrected chi connectivity index (χ0v) is 10.2. The van der Waals surface area contributed by atoms with Gasteiger partial charge in [0.1, 0.15) is 0 Å². The van der Waals surface area contributed by atoms with E-state index in [9.17, 15) is 4.79 Å². The van der Waals surface area contributed by atoms with Crippen LogP contribution in [0.2, 0.25) is 0 Å². The molecule has 0 bridgehead atoms. The van der Waals surface area contributed by atoms with Gasteiger partial charge in [0.25, 0.3) is 5.91 Å². The molecule has 88 valence electrons. The Labute approximate surface area is 99.5 Å². The quantitative estimate of drug-likeness (QED) is 0.709. The zero-order chi connectivity index (χ0) is 11.7.